The van der Waals surface area contributed by atoms with Gasteiger partial charge in [-0.1, -0.05) is 38.2 Å². The highest BCUT2D eigenvalue weighted by molar-refractivity contribution is 5.79. The minimum atomic E-state index is 0.216. The van der Waals surface area contributed by atoms with Crippen LogP contribution in [0.15, 0.2) is 23.2 Å². The van der Waals surface area contributed by atoms with Gasteiger partial charge in [0.2, 0.25) is 0 Å². The number of rotatable bonds is 10. The number of terminal acetylenes is 1. The lowest BCUT2D eigenvalue weighted by Crippen LogP contribution is -2.37. The van der Waals surface area contributed by atoms with Gasteiger partial charge in [0.15, 0.2) is 17.5 Å². The lowest BCUT2D eigenvalue weighted by Gasteiger charge is -2.14. The molecule has 24 heavy (non-hydrogen) atoms. The van der Waals surface area contributed by atoms with Gasteiger partial charge in [-0.15, -0.1) is 6.42 Å². The number of nitrogens with one attached hydrogen (secondary N) is 2. The third-order valence-corrected chi connectivity index (χ3v) is 3.55. The van der Waals surface area contributed by atoms with Gasteiger partial charge in [-0.25, -0.2) is 0 Å². The molecule has 0 saturated heterocycles. The molecular formula is C19H29N3O2. The van der Waals surface area contributed by atoms with E-state index in [9.17, 15) is 0 Å². The van der Waals surface area contributed by atoms with Gasteiger partial charge >= 0.3 is 0 Å². The Morgan fingerprint density at radius 3 is 2.71 bits per heavy atom. The largest absolute Gasteiger partial charge is 0.493 e. The van der Waals surface area contributed by atoms with Crippen LogP contribution in [0.2, 0.25) is 0 Å². The Morgan fingerprint density at radius 1 is 1.21 bits per heavy atom. The number of hydrogen-bond donors (Lipinski definition) is 2. The molecule has 0 aliphatic heterocycles. The average molecular weight is 331 g/mol. The monoisotopic (exact) mass is 331 g/mol. The van der Waals surface area contributed by atoms with E-state index in [4.69, 9.17) is 15.9 Å². The summed E-state index contributed by atoms with van der Waals surface area (Å²) in [6, 6.07) is 5.80. The Bertz CT molecular complexity index is 550. The summed E-state index contributed by atoms with van der Waals surface area (Å²) >= 11 is 0. The summed E-state index contributed by atoms with van der Waals surface area (Å²) in [6.45, 7) is 4.00. The standard InChI is InChI=1S/C19H29N3O2/c1-5-7-8-9-12-21-19(20-3)22-15-16-10-11-17(23-4)18(14-16)24-13-6-2/h2,10-11,14H,5,7-9,12-13,15H2,1,3-4H3,(H2,20,21,22). The van der Waals surface area contributed by atoms with Crippen LogP contribution in [0.5, 0.6) is 11.5 Å². The SMILES string of the molecule is C#CCOc1cc(CNC(=NC)NCCCCCC)ccc1OC. The van der Waals surface area contributed by atoms with Crippen LogP contribution in [-0.2, 0) is 6.54 Å². The molecule has 0 aromatic heterocycles. The van der Waals surface area contributed by atoms with Gasteiger partial charge in [0.25, 0.3) is 0 Å². The number of unbranched alkanes of at least 4 members (excludes halogenated alkanes) is 3. The first-order valence-electron chi connectivity index (χ1n) is 8.42. The normalized spacial score (nSPS) is 10.8. The maximum absolute atomic E-state index is 5.52. The molecule has 132 valence electrons. The van der Waals surface area contributed by atoms with Crippen molar-refractivity contribution >= 4 is 5.96 Å². The van der Waals surface area contributed by atoms with Gasteiger partial charge in [0, 0.05) is 20.1 Å². The number of aliphatic imine (C=N–C) groups is 1. The van der Waals surface area contributed by atoms with Crippen molar-refractivity contribution in [2.24, 2.45) is 4.99 Å². The van der Waals surface area contributed by atoms with Crippen molar-refractivity contribution in [2.45, 2.75) is 39.2 Å². The lowest BCUT2D eigenvalue weighted by molar-refractivity contribution is 0.330. The van der Waals surface area contributed by atoms with Crippen molar-refractivity contribution in [3.8, 4) is 23.8 Å². The molecule has 5 heteroatoms. The molecule has 1 rings (SSSR count). The van der Waals surface area contributed by atoms with Crippen molar-refractivity contribution < 1.29 is 9.47 Å². The molecule has 0 spiro atoms. The zero-order chi connectivity index (χ0) is 17.6. The summed E-state index contributed by atoms with van der Waals surface area (Å²) in [5.41, 5.74) is 1.07. The smallest absolute Gasteiger partial charge is 0.191 e. The highest BCUT2D eigenvalue weighted by Gasteiger charge is 2.06. The number of guanidine groups is 1. The maximum Gasteiger partial charge on any atom is 0.191 e. The Balaban J connectivity index is 2.51. The lowest BCUT2D eigenvalue weighted by atomic mass is 10.2. The minimum Gasteiger partial charge on any atom is -0.493 e. The van der Waals surface area contributed by atoms with E-state index >= 15 is 0 Å². The molecule has 0 amide bonds. The third kappa shape index (κ3) is 7.28. The molecule has 0 bridgehead atoms. The van der Waals surface area contributed by atoms with Gasteiger partial charge in [-0.3, -0.25) is 4.99 Å². The summed E-state index contributed by atoms with van der Waals surface area (Å²) < 4.78 is 10.8. The van der Waals surface area contributed by atoms with E-state index < -0.39 is 0 Å². The fraction of sp³-hybridized carbons (Fsp3) is 0.526. The number of benzene rings is 1. The first kappa shape index (κ1) is 19.7. The van der Waals surface area contributed by atoms with Crippen molar-refractivity contribution in [2.75, 3.05) is 27.3 Å². The summed E-state index contributed by atoms with van der Waals surface area (Å²) in [7, 11) is 3.39. The van der Waals surface area contributed by atoms with E-state index in [0.717, 1.165) is 24.5 Å². The van der Waals surface area contributed by atoms with Crippen molar-refractivity contribution in [1.29, 1.82) is 0 Å². The van der Waals surface area contributed by atoms with Crippen molar-refractivity contribution in [3.63, 3.8) is 0 Å². The molecule has 1 aromatic carbocycles. The molecule has 0 atom stereocenters. The van der Waals surface area contributed by atoms with Gasteiger partial charge < -0.3 is 20.1 Å². The highest BCUT2D eigenvalue weighted by atomic mass is 16.5. The molecule has 0 aliphatic carbocycles. The molecule has 2 N–H and O–H groups in total. The quantitative estimate of drug-likeness (QED) is 0.300. The number of hydrogen-bond acceptors (Lipinski definition) is 3. The summed E-state index contributed by atoms with van der Waals surface area (Å²) in [6.07, 6.45) is 10.2. The van der Waals surface area contributed by atoms with Crippen LogP contribution in [0.25, 0.3) is 0 Å². The minimum absolute atomic E-state index is 0.216. The number of methoxy groups -OCH3 is 1. The summed E-state index contributed by atoms with van der Waals surface area (Å²) in [5, 5.41) is 6.63. The molecule has 5 nitrogen and oxygen atoms in total. The van der Waals surface area contributed by atoms with Gasteiger partial charge in [0.1, 0.15) is 6.61 Å². The topological polar surface area (TPSA) is 54.9 Å². The molecule has 1 aromatic rings. The van der Waals surface area contributed by atoms with Crippen LogP contribution in [-0.4, -0.2) is 33.3 Å². The van der Waals surface area contributed by atoms with Crippen LogP contribution >= 0.6 is 0 Å². The van der Waals surface area contributed by atoms with E-state index in [0.29, 0.717) is 18.0 Å². The molecule has 0 saturated carbocycles. The van der Waals surface area contributed by atoms with Crippen molar-refractivity contribution in [1.82, 2.24) is 10.6 Å². The van der Waals surface area contributed by atoms with Gasteiger partial charge in [-0.2, -0.15) is 0 Å². The van der Waals surface area contributed by atoms with E-state index in [1.807, 2.05) is 18.2 Å². The van der Waals surface area contributed by atoms with Gasteiger partial charge in [-0.05, 0) is 24.1 Å². The van der Waals surface area contributed by atoms with E-state index in [1.165, 1.54) is 19.3 Å². The predicted molar refractivity (Wildman–Crippen MR) is 99.7 cm³/mol. The van der Waals surface area contributed by atoms with Crippen LogP contribution < -0.4 is 20.1 Å². The predicted octanol–water partition coefficient (Wildman–Crippen LogP) is 2.95. The Morgan fingerprint density at radius 2 is 2.04 bits per heavy atom. The fourth-order valence-corrected chi connectivity index (χ4v) is 2.23. The third-order valence-electron chi connectivity index (χ3n) is 3.55. The maximum atomic E-state index is 5.52. The van der Waals surface area contributed by atoms with E-state index in [2.05, 4.69) is 28.5 Å². The molecule has 0 heterocycles. The first-order valence-corrected chi connectivity index (χ1v) is 8.42. The molecular weight excluding hydrogens is 302 g/mol. The van der Waals surface area contributed by atoms with Gasteiger partial charge in [0.05, 0.1) is 7.11 Å². The molecule has 0 aliphatic rings. The van der Waals surface area contributed by atoms with E-state index in [1.54, 1.807) is 14.2 Å². The number of ether oxygens (including phenoxy) is 2. The number of nitrogens with zero attached hydrogens (tertiary/aromatic N) is 1. The fourth-order valence-electron chi connectivity index (χ4n) is 2.23. The van der Waals surface area contributed by atoms with Crippen LogP contribution in [0.1, 0.15) is 38.2 Å². The highest BCUT2D eigenvalue weighted by Crippen LogP contribution is 2.27. The first-order chi connectivity index (χ1) is 11.7. The van der Waals surface area contributed by atoms with Crippen LogP contribution in [0.4, 0.5) is 0 Å². The summed E-state index contributed by atoms with van der Waals surface area (Å²) in [5.74, 6) is 4.58. The Kier molecular flexibility index (Phi) is 9.95. The zero-order valence-corrected chi connectivity index (χ0v) is 15.0. The molecule has 0 unspecified atom stereocenters. The second-order valence-corrected chi connectivity index (χ2v) is 5.39. The van der Waals surface area contributed by atoms with E-state index in [-0.39, 0.29) is 6.61 Å². The molecule has 0 fully saturated rings. The second-order valence-electron chi connectivity index (χ2n) is 5.39. The molecule has 0 radical (unpaired) electrons. The van der Waals surface area contributed by atoms with Crippen LogP contribution in [0.3, 0.4) is 0 Å². The summed E-state index contributed by atoms with van der Waals surface area (Å²) in [4.78, 5) is 4.24. The Labute approximate surface area is 145 Å². The average Bonchev–Trinajstić information content (AvgIpc) is 2.62. The van der Waals surface area contributed by atoms with Crippen molar-refractivity contribution in [3.05, 3.63) is 23.8 Å². The van der Waals surface area contributed by atoms with Crippen LogP contribution in [0, 0.1) is 12.3 Å². The second kappa shape index (κ2) is 12.1. The Hall–Kier alpha value is -2.35. The zero-order valence-electron chi connectivity index (χ0n) is 15.0.